The molecule has 5 nitrogen and oxygen atoms in total. The van der Waals surface area contributed by atoms with Crippen LogP contribution in [-0.2, 0) is 11.3 Å². The third-order valence-electron chi connectivity index (χ3n) is 5.05. The summed E-state index contributed by atoms with van der Waals surface area (Å²) in [5, 5.41) is 2.08. The van der Waals surface area contributed by atoms with Gasteiger partial charge < -0.3 is 14.2 Å². The maximum absolute atomic E-state index is 12.7. The number of ether oxygens (including phenoxy) is 3. The average molecular weight is 573 g/mol. The van der Waals surface area contributed by atoms with Crippen LogP contribution in [0, 0.1) is 0 Å². The molecule has 0 bridgehead atoms. The van der Waals surface area contributed by atoms with Crippen LogP contribution in [0.2, 0.25) is 5.02 Å². The normalized spacial score (nSPS) is 11.2. The summed E-state index contributed by atoms with van der Waals surface area (Å²) in [7, 11) is 0. The van der Waals surface area contributed by atoms with E-state index in [-0.39, 0.29) is 5.97 Å². The van der Waals surface area contributed by atoms with Crippen LogP contribution in [0.4, 0.5) is 5.00 Å². The molecule has 0 unspecified atom stereocenters. The topological polar surface area (TPSA) is 57.1 Å². The van der Waals surface area contributed by atoms with E-state index in [0.29, 0.717) is 46.9 Å². The maximum Gasteiger partial charge on any atom is 0.341 e. The van der Waals surface area contributed by atoms with Gasteiger partial charge in [0.2, 0.25) is 0 Å². The minimum Gasteiger partial charge on any atom is -0.490 e. The quantitative estimate of drug-likeness (QED) is 0.150. The molecule has 0 N–H and O–H groups in total. The average Bonchev–Trinajstić information content (AvgIpc) is 3.22. The highest BCUT2D eigenvalue weighted by atomic mass is 79.9. The summed E-state index contributed by atoms with van der Waals surface area (Å²) in [6, 6.07) is 19.0. The van der Waals surface area contributed by atoms with Crippen molar-refractivity contribution in [3.8, 4) is 11.5 Å². The number of aliphatic imine (C=N–C) groups is 1. The number of esters is 1. The van der Waals surface area contributed by atoms with E-state index >= 15 is 0 Å². The molecule has 0 spiro atoms. The Hall–Kier alpha value is -2.87. The molecule has 0 saturated heterocycles. The van der Waals surface area contributed by atoms with E-state index in [9.17, 15) is 4.79 Å². The second-order valence-corrected chi connectivity index (χ2v) is 9.69. The standard InChI is InChI=1S/C27H23BrClNO4S/c1-3-32-22-14-17(13-20(28)25(22)34-16-18-9-5-7-11-21(18)29)15-30-26-24(27(31)33-4-2)19-10-6-8-12-23(19)35-26/h5-15H,3-4,16H2,1-2H3. The number of thiophene rings is 1. The first-order chi connectivity index (χ1) is 17.0. The Morgan fingerprint density at radius 3 is 2.60 bits per heavy atom. The number of benzene rings is 3. The van der Waals surface area contributed by atoms with Crippen molar-refractivity contribution in [2.75, 3.05) is 13.2 Å². The van der Waals surface area contributed by atoms with Crippen LogP contribution in [0.5, 0.6) is 11.5 Å². The van der Waals surface area contributed by atoms with Gasteiger partial charge in [-0.25, -0.2) is 9.79 Å². The lowest BCUT2D eigenvalue weighted by molar-refractivity contribution is 0.0530. The van der Waals surface area contributed by atoms with Gasteiger partial charge in [-0.3, -0.25) is 0 Å². The number of carbonyl (C=O) groups excluding carboxylic acids is 1. The molecule has 0 aliphatic carbocycles. The summed E-state index contributed by atoms with van der Waals surface area (Å²) in [5.41, 5.74) is 2.15. The summed E-state index contributed by atoms with van der Waals surface area (Å²) in [6.45, 7) is 4.77. The van der Waals surface area contributed by atoms with Gasteiger partial charge in [0.15, 0.2) is 11.5 Å². The van der Waals surface area contributed by atoms with Gasteiger partial charge in [0.1, 0.15) is 17.2 Å². The first-order valence-corrected chi connectivity index (χ1v) is 13.1. The van der Waals surface area contributed by atoms with E-state index < -0.39 is 0 Å². The third-order valence-corrected chi connectivity index (χ3v) is 7.09. The minimum atomic E-state index is -0.378. The number of nitrogens with zero attached hydrogens (tertiary/aromatic N) is 1. The molecule has 0 saturated carbocycles. The fourth-order valence-electron chi connectivity index (χ4n) is 3.49. The largest absolute Gasteiger partial charge is 0.490 e. The van der Waals surface area contributed by atoms with Crippen molar-refractivity contribution in [1.29, 1.82) is 0 Å². The van der Waals surface area contributed by atoms with Crippen molar-refractivity contribution >= 4 is 66.1 Å². The summed E-state index contributed by atoms with van der Waals surface area (Å²) >= 11 is 11.3. The lowest BCUT2D eigenvalue weighted by Gasteiger charge is -2.15. The number of hydrogen-bond donors (Lipinski definition) is 0. The molecule has 3 aromatic carbocycles. The molecule has 0 aliphatic heterocycles. The predicted molar refractivity (Wildman–Crippen MR) is 146 cm³/mol. The Balaban J connectivity index is 1.65. The van der Waals surface area contributed by atoms with Gasteiger partial charge in [-0.15, -0.1) is 11.3 Å². The smallest absolute Gasteiger partial charge is 0.341 e. The van der Waals surface area contributed by atoms with Crippen molar-refractivity contribution in [2.45, 2.75) is 20.5 Å². The van der Waals surface area contributed by atoms with Gasteiger partial charge in [-0.2, -0.15) is 0 Å². The van der Waals surface area contributed by atoms with E-state index in [1.54, 1.807) is 13.1 Å². The maximum atomic E-state index is 12.7. The van der Waals surface area contributed by atoms with Gasteiger partial charge >= 0.3 is 5.97 Å². The molecule has 1 heterocycles. The van der Waals surface area contributed by atoms with E-state index in [1.807, 2.05) is 67.6 Å². The molecular formula is C27H23BrClNO4S. The van der Waals surface area contributed by atoms with Crippen LogP contribution in [0.3, 0.4) is 0 Å². The van der Waals surface area contributed by atoms with Crippen molar-refractivity contribution in [3.05, 3.63) is 86.8 Å². The highest BCUT2D eigenvalue weighted by Gasteiger charge is 2.20. The fourth-order valence-corrected chi connectivity index (χ4v) is 5.29. The molecule has 0 atom stereocenters. The zero-order valence-corrected chi connectivity index (χ0v) is 22.4. The van der Waals surface area contributed by atoms with Crippen LogP contribution in [0.25, 0.3) is 10.1 Å². The monoisotopic (exact) mass is 571 g/mol. The fraction of sp³-hybridized carbons (Fsp3) is 0.185. The first-order valence-electron chi connectivity index (χ1n) is 11.1. The second kappa shape index (κ2) is 11.7. The van der Waals surface area contributed by atoms with E-state index in [2.05, 4.69) is 20.9 Å². The Kier molecular flexibility index (Phi) is 8.44. The highest BCUT2D eigenvalue weighted by Crippen LogP contribution is 2.40. The van der Waals surface area contributed by atoms with Gasteiger partial charge in [0.25, 0.3) is 0 Å². The van der Waals surface area contributed by atoms with Gasteiger partial charge in [-0.1, -0.05) is 48.0 Å². The zero-order chi connectivity index (χ0) is 24.8. The Morgan fingerprint density at radius 2 is 1.83 bits per heavy atom. The van der Waals surface area contributed by atoms with Crippen molar-refractivity contribution < 1.29 is 19.0 Å². The van der Waals surface area contributed by atoms with Crippen LogP contribution in [0.1, 0.15) is 35.3 Å². The lowest BCUT2D eigenvalue weighted by atomic mass is 10.1. The lowest BCUT2D eigenvalue weighted by Crippen LogP contribution is -2.04. The second-order valence-electron chi connectivity index (χ2n) is 7.40. The van der Waals surface area contributed by atoms with Gasteiger partial charge in [0, 0.05) is 26.9 Å². The molecular weight excluding hydrogens is 550 g/mol. The third kappa shape index (κ3) is 5.86. The number of carbonyl (C=O) groups is 1. The molecule has 0 amide bonds. The van der Waals surface area contributed by atoms with Crippen molar-refractivity contribution in [1.82, 2.24) is 0 Å². The SMILES string of the molecule is CCOC(=O)c1c(N=Cc2cc(Br)c(OCc3ccccc3Cl)c(OCC)c2)sc2ccccc12. The molecule has 4 rings (SSSR count). The summed E-state index contributed by atoms with van der Waals surface area (Å²) in [5.74, 6) is 0.784. The van der Waals surface area contributed by atoms with Crippen LogP contribution >= 0.6 is 38.9 Å². The molecule has 0 radical (unpaired) electrons. The summed E-state index contributed by atoms with van der Waals surface area (Å²) in [6.07, 6.45) is 1.71. The molecule has 4 aromatic rings. The summed E-state index contributed by atoms with van der Waals surface area (Å²) in [4.78, 5) is 17.3. The zero-order valence-electron chi connectivity index (χ0n) is 19.2. The molecule has 0 aliphatic rings. The Morgan fingerprint density at radius 1 is 1.06 bits per heavy atom. The predicted octanol–water partition coefficient (Wildman–Crippen LogP) is 8.22. The van der Waals surface area contributed by atoms with Crippen molar-refractivity contribution in [3.63, 3.8) is 0 Å². The number of fused-ring (bicyclic) bond motifs is 1. The molecule has 180 valence electrons. The summed E-state index contributed by atoms with van der Waals surface area (Å²) < 4.78 is 18.9. The van der Waals surface area contributed by atoms with E-state index in [4.69, 9.17) is 25.8 Å². The van der Waals surface area contributed by atoms with E-state index in [0.717, 1.165) is 25.7 Å². The van der Waals surface area contributed by atoms with Crippen molar-refractivity contribution in [2.24, 2.45) is 4.99 Å². The van der Waals surface area contributed by atoms with Gasteiger partial charge in [0.05, 0.1) is 17.7 Å². The van der Waals surface area contributed by atoms with Crippen LogP contribution in [0.15, 0.2) is 70.1 Å². The van der Waals surface area contributed by atoms with Crippen LogP contribution in [-0.4, -0.2) is 25.4 Å². The molecule has 1 aromatic heterocycles. The Bertz CT molecular complexity index is 1390. The Labute approximate surface area is 221 Å². The van der Waals surface area contributed by atoms with E-state index in [1.165, 1.54) is 11.3 Å². The number of hydrogen-bond acceptors (Lipinski definition) is 6. The molecule has 35 heavy (non-hydrogen) atoms. The highest BCUT2D eigenvalue weighted by molar-refractivity contribution is 9.10. The number of halogens is 2. The van der Waals surface area contributed by atoms with Crippen LogP contribution < -0.4 is 9.47 Å². The molecule has 8 heteroatoms. The van der Waals surface area contributed by atoms with Gasteiger partial charge in [-0.05, 0) is 59.6 Å². The minimum absolute atomic E-state index is 0.298. The number of rotatable bonds is 9. The molecule has 0 fully saturated rings. The first kappa shape index (κ1) is 25.2.